The van der Waals surface area contributed by atoms with E-state index in [0.29, 0.717) is 83.8 Å². The van der Waals surface area contributed by atoms with Gasteiger partial charge < -0.3 is 34.1 Å². The van der Waals surface area contributed by atoms with Gasteiger partial charge in [0.2, 0.25) is 5.91 Å². The standard InChI is InChI=1S/C31H61N3O6/c1-28(2)10-15-34-18-16-33(17-19-34)14-6-5-8-30(35)9-7-20-37-24-26-40-27-25-39-22-12-31(36)32-13-23-38-21-11-29(3)4/h28-29H,5-27H2,1-4H3,(H,32,36). The topological polar surface area (TPSA) is 89.6 Å². The van der Waals surface area contributed by atoms with Crippen molar-refractivity contribution in [2.45, 2.75) is 79.1 Å². The third kappa shape index (κ3) is 23.6. The number of nitrogens with one attached hydrogen (secondary N) is 1. The number of unbranched alkanes of at least 4 members (excludes halogenated alkanes) is 1. The number of ether oxygens (including phenoxy) is 4. The summed E-state index contributed by atoms with van der Waals surface area (Å²) in [6.07, 6.45) is 6.81. The van der Waals surface area contributed by atoms with Crippen LogP contribution in [0.15, 0.2) is 0 Å². The molecule has 1 N–H and O–H groups in total. The molecule has 0 unspecified atom stereocenters. The van der Waals surface area contributed by atoms with E-state index in [1.54, 1.807) is 0 Å². The van der Waals surface area contributed by atoms with Crippen molar-refractivity contribution in [3.63, 3.8) is 0 Å². The molecule has 9 nitrogen and oxygen atoms in total. The van der Waals surface area contributed by atoms with Gasteiger partial charge in [-0.3, -0.25) is 9.59 Å². The smallest absolute Gasteiger partial charge is 0.222 e. The van der Waals surface area contributed by atoms with Crippen LogP contribution in [0.5, 0.6) is 0 Å². The van der Waals surface area contributed by atoms with Gasteiger partial charge in [-0.2, -0.15) is 0 Å². The lowest BCUT2D eigenvalue weighted by Crippen LogP contribution is -2.46. The van der Waals surface area contributed by atoms with E-state index in [-0.39, 0.29) is 5.91 Å². The Morgan fingerprint density at radius 2 is 1.15 bits per heavy atom. The lowest BCUT2D eigenvalue weighted by molar-refractivity contribution is -0.122. The number of rotatable bonds is 27. The van der Waals surface area contributed by atoms with Gasteiger partial charge in [0.1, 0.15) is 5.78 Å². The van der Waals surface area contributed by atoms with Gasteiger partial charge >= 0.3 is 0 Å². The number of amides is 1. The summed E-state index contributed by atoms with van der Waals surface area (Å²) < 4.78 is 22.0. The Balaban J connectivity index is 1.78. The van der Waals surface area contributed by atoms with Gasteiger partial charge in [0, 0.05) is 65.2 Å². The summed E-state index contributed by atoms with van der Waals surface area (Å²) in [5.74, 6) is 1.73. The van der Waals surface area contributed by atoms with Gasteiger partial charge in [-0.1, -0.05) is 27.7 Å². The van der Waals surface area contributed by atoms with Gasteiger partial charge in [-0.25, -0.2) is 0 Å². The molecule has 0 aromatic carbocycles. The molecule has 0 atom stereocenters. The molecule has 236 valence electrons. The Morgan fingerprint density at radius 3 is 1.80 bits per heavy atom. The summed E-state index contributed by atoms with van der Waals surface area (Å²) in [4.78, 5) is 29.0. The summed E-state index contributed by atoms with van der Waals surface area (Å²) in [6.45, 7) is 20.7. The molecule has 0 spiro atoms. The molecular weight excluding hydrogens is 510 g/mol. The number of piperazine rings is 1. The van der Waals surface area contributed by atoms with Crippen LogP contribution >= 0.6 is 0 Å². The first-order chi connectivity index (χ1) is 19.4. The molecule has 1 fully saturated rings. The molecule has 0 saturated carbocycles. The molecule has 1 heterocycles. The molecule has 1 aliphatic rings. The van der Waals surface area contributed by atoms with Gasteiger partial charge in [-0.05, 0) is 57.0 Å². The van der Waals surface area contributed by atoms with Crippen LogP contribution in [0.4, 0.5) is 0 Å². The van der Waals surface area contributed by atoms with Crippen molar-refractivity contribution in [2.75, 3.05) is 98.7 Å². The van der Waals surface area contributed by atoms with Gasteiger partial charge in [0.05, 0.1) is 39.6 Å². The minimum atomic E-state index is -0.0261. The van der Waals surface area contributed by atoms with E-state index in [1.807, 2.05) is 0 Å². The Morgan fingerprint density at radius 1 is 0.600 bits per heavy atom. The largest absolute Gasteiger partial charge is 0.380 e. The first kappa shape index (κ1) is 36.9. The number of Topliss-reactive ketones (excluding diaryl/α,β-unsaturated/α-hetero) is 1. The van der Waals surface area contributed by atoms with E-state index in [1.165, 1.54) is 26.1 Å². The van der Waals surface area contributed by atoms with Crippen molar-refractivity contribution in [3.05, 3.63) is 0 Å². The summed E-state index contributed by atoms with van der Waals surface area (Å²) in [5, 5.41) is 2.83. The average Bonchev–Trinajstić information content (AvgIpc) is 2.92. The maximum Gasteiger partial charge on any atom is 0.222 e. The monoisotopic (exact) mass is 571 g/mol. The Bertz CT molecular complexity index is 612. The van der Waals surface area contributed by atoms with Crippen LogP contribution in [0, 0.1) is 11.8 Å². The zero-order chi connectivity index (χ0) is 29.3. The summed E-state index contributed by atoms with van der Waals surface area (Å²) in [7, 11) is 0. The molecule has 1 aliphatic heterocycles. The second-order valence-electron chi connectivity index (χ2n) is 11.7. The van der Waals surface area contributed by atoms with Crippen LogP contribution < -0.4 is 5.32 Å². The molecule has 0 aromatic rings. The number of hydrogen-bond donors (Lipinski definition) is 1. The highest BCUT2D eigenvalue weighted by molar-refractivity contribution is 5.78. The van der Waals surface area contributed by atoms with E-state index >= 15 is 0 Å². The van der Waals surface area contributed by atoms with Gasteiger partial charge in [0.25, 0.3) is 0 Å². The fourth-order valence-electron chi connectivity index (χ4n) is 4.31. The highest BCUT2D eigenvalue weighted by Crippen LogP contribution is 2.09. The Labute approximate surface area is 245 Å². The quantitative estimate of drug-likeness (QED) is 0.149. The summed E-state index contributed by atoms with van der Waals surface area (Å²) in [5.41, 5.74) is 0. The molecule has 1 saturated heterocycles. The van der Waals surface area contributed by atoms with Crippen molar-refractivity contribution < 1.29 is 28.5 Å². The van der Waals surface area contributed by atoms with Crippen LogP contribution in [0.2, 0.25) is 0 Å². The fourth-order valence-corrected chi connectivity index (χ4v) is 4.31. The molecule has 40 heavy (non-hydrogen) atoms. The molecule has 9 heteroatoms. The van der Waals surface area contributed by atoms with Crippen molar-refractivity contribution in [2.24, 2.45) is 11.8 Å². The van der Waals surface area contributed by atoms with Crippen molar-refractivity contribution >= 4 is 11.7 Å². The lowest BCUT2D eigenvalue weighted by atomic mass is 10.1. The zero-order valence-electron chi connectivity index (χ0n) is 26.3. The van der Waals surface area contributed by atoms with Crippen LogP contribution in [0.1, 0.15) is 79.1 Å². The van der Waals surface area contributed by atoms with Crippen LogP contribution in [-0.2, 0) is 28.5 Å². The zero-order valence-corrected chi connectivity index (χ0v) is 26.3. The van der Waals surface area contributed by atoms with Crippen molar-refractivity contribution in [1.29, 1.82) is 0 Å². The summed E-state index contributed by atoms with van der Waals surface area (Å²) >= 11 is 0. The number of carbonyl (C=O) groups is 2. The summed E-state index contributed by atoms with van der Waals surface area (Å²) in [6, 6.07) is 0. The van der Waals surface area contributed by atoms with E-state index in [0.717, 1.165) is 57.8 Å². The first-order valence-corrected chi connectivity index (χ1v) is 15.9. The molecule has 0 aromatic heterocycles. The maximum absolute atomic E-state index is 12.1. The van der Waals surface area contributed by atoms with E-state index < -0.39 is 0 Å². The molecular formula is C31H61N3O6. The highest BCUT2D eigenvalue weighted by Gasteiger charge is 2.16. The van der Waals surface area contributed by atoms with Crippen molar-refractivity contribution in [3.8, 4) is 0 Å². The Hall–Kier alpha value is -1.10. The minimum absolute atomic E-state index is 0.0261. The molecule has 1 rings (SSSR count). The minimum Gasteiger partial charge on any atom is -0.380 e. The predicted molar refractivity (Wildman–Crippen MR) is 161 cm³/mol. The first-order valence-electron chi connectivity index (χ1n) is 15.9. The predicted octanol–water partition coefficient (Wildman–Crippen LogP) is 3.79. The van der Waals surface area contributed by atoms with Crippen molar-refractivity contribution in [1.82, 2.24) is 15.1 Å². The second kappa shape index (κ2) is 25.6. The molecule has 1 amide bonds. The molecule has 0 radical (unpaired) electrons. The number of nitrogens with zero attached hydrogens (tertiary/aromatic N) is 2. The molecule has 0 aliphatic carbocycles. The molecule has 0 bridgehead atoms. The van der Waals surface area contributed by atoms with Crippen LogP contribution in [0.25, 0.3) is 0 Å². The number of carbonyl (C=O) groups excluding carboxylic acids is 2. The highest BCUT2D eigenvalue weighted by atomic mass is 16.5. The van der Waals surface area contributed by atoms with Gasteiger partial charge in [-0.15, -0.1) is 0 Å². The third-order valence-corrected chi connectivity index (χ3v) is 7.04. The average molecular weight is 572 g/mol. The number of ketones is 1. The normalized spacial score (nSPS) is 14.8. The SMILES string of the molecule is CC(C)CCOCCNC(=O)CCOCCOCCOCCCC(=O)CCCCN1CCN(CCC(C)C)CC1. The second-order valence-corrected chi connectivity index (χ2v) is 11.7. The number of hydrogen-bond acceptors (Lipinski definition) is 8. The van der Waals surface area contributed by atoms with E-state index in [4.69, 9.17) is 18.9 Å². The maximum atomic E-state index is 12.1. The van der Waals surface area contributed by atoms with Crippen LogP contribution in [0.3, 0.4) is 0 Å². The third-order valence-electron chi connectivity index (χ3n) is 7.04. The lowest BCUT2D eigenvalue weighted by Gasteiger charge is -2.35. The Kier molecular flexibility index (Phi) is 23.6. The van der Waals surface area contributed by atoms with E-state index in [9.17, 15) is 9.59 Å². The van der Waals surface area contributed by atoms with E-state index in [2.05, 4.69) is 42.8 Å². The van der Waals surface area contributed by atoms with Crippen LogP contribution in [-0.4, -0.2) is 120 Å². The fraction of sp³-hybridized carbons (Fsp3) is 0.935. The van der Waals surface area contributed by atoms with Gasteiger partial charge in [0.15, 0.2) is 0 Å².